The molecule has 3 aliphatic rings. The van der Waals surface area contributed by atoms with Crippen LogP contribution in [0.4, 0.5) is 0 Å². The number of ether oxygens (including phenoxy) is 2. The summed E-state index contributed by atoms with van der Waals surface area (Å²) in [6.07, 6.45) is 7.33. The highest BCUT2D eigenvalue weighted by Gasteiger charge is 2.25. The van der Waals surface area contributed by atoms with Crippen LogP contribution < -0.4 is 9.47 Å². The van der Waals surface area contributed by atoms with Crippen LogP contribution in [0.1, 0.15) is 44.1 Å². The number of fused-ring (bicyclic) bond motifs is 1. The van der Waals surface area contributed by atoms with Crippen LogP contribution in [0.5, 0.6) is 11.5 Å². The van der Waals surface area contributed by atoms with Gasteiger partial charge in [-0.2, -0.15) is 0 Å². The number of carbonyl (C=O) groups is 2. The van der Waals surface area contributed by atoms with Gasteiger partial charge in [-0.15, -0.1) is 11.8 Å². The zero-order chi connectivity index (χ0) is 20.1. The van der Waals surface area contributed by atoms with Gasteiger partial charge >= 0.3 is 0 Å². The predicted molar refractivity (Wildman–Crippen MR) is 113 cm³/mol. The molecule has 0 N–H and O–H groups in total. The topological polar surface area (TPSA) is 59.1 Å². The number of hydrogen-bond donors (Lipinski definition) is 0. The number of benzene rings is 1. The van der Waals surface area contributed by atoms with E-state index in [1.165, 1.54) is 25.7 Å². The summed E-state index contributed by atoms with van der Waals surface area (Å²) in [6.45, 7) is 2.92. The van der Waals surface area contributed by atoms with Crippen molar-refractivity contribution in [1.82, 2.24) is 9.80 Å². The first-order valence-electron chi connectivity index (χ1n) is 10.7. The lowest BCUT2D eigenvalue weighted by Crippen LogP contribution is -2.51. The first-order chi connectivity index (χ1) is 14.2. The molecular formula is C22H30N2O4S. The Bertz CT molecular complexity index is 728. The summed E-state index contributed by atoms with van der Waals surface area (Å²) in [5.74, 6) is 2.60. The van der Waals surface area contributed by atoms with Gasteiger partial charge in [-0.25, -0.2) is 0 Å². The quantitative estimate of drug-likeness (QED) is 0.681. The van der Waals surface area contributed by atoms with Crippen molar-refractivity contribution in [3.05, 3.63) is 23.8 Å². The molecule has 1 aromatic rings. The largest absolute Gasteiger partial charge is 0.454 e. The maximum Gasteiger partial charge on any atom is 0.232 e. The zero-order valence-electron chi connectivity index (χ0n) is 16.9. The normalized spacial score (nSPS) is 19.0. The summed E-state index contributed by atoms with van der Waals surface area (Å²) in [4.78, 5) is 28.8. The van der Waals surface area contributed by atoms with E-state index < -0.39 is 0 Å². The SMILES string of the molecule is O=C(CCCc1ccc2c(c1)OCO2)N1CCN(C(=O)CSC2CCCC2)CC1. The van der Waals surface area contributed by atoms with Gasteiger partial charge in [0.1, 0.15) is 0 Å². The summed E-state index contributed by atoms with van der Waals surface area (Å²) in [5.41, 5.74) is 1.16. The fourth-order valence-corrected chi connectivity index (χ4v) is 5.47. The Labute approximate surface area is 176 Å². The zero-order valence-corrected chi connectivity index (χ0v) is 17.8. The maximum absolute atomic E-state index is 12.5. The molecule has 1 aromatic carbocycles. The summed E-state index contributed by atoms with van der Waals surface area (Å²) < 4.78 is 10.7. The highest BCUT2D eigenvalue weighted by Crippen LogP contribution is 2.33. The van der Waals surface area contributed by atoms with E-state index in [0.717, 1.165) is 29.9 Å². The van der Waals surface area contributed by atoms with Crippen molar-refractivity contribution in [3.63, 3.8) is 0 Å². The first kappa shape index (κ1) is 20.4. The lowest BCUT2D eigenvalue weighted by molar-refractivity contribution is -0.138. The third kappa shape index (κ3) is 5.38. The van der Waals surface area contributed by atoms with Crippen molar-refractivity contribution >= 4 is 23.6 Å². The van der Waals surface area contributed by atoms with E-state index in [9.17, 15) is 9.59 Å². The summed E-state index contributed by atoms with van der Waals surface area (Å²) >= 11 is 1.82. The van der Waals surface area contributed by atoms with Crippen LogP contribution in [0, 0.1) is 0 Å². The van der Waals surface area contributed by atoms with Crippen molar-refractivity contribution in [2.75, 3.05) is 38.7 Å². The Morgan fingerprint density at radius 1 is 0.966 bits per heavy atom. The van der Waals surface area contributed by atoms with Crippen LogP contribution in [0.25, 0.3) is 0 Å². The second-order valence-electron chi connectivity index (χ2n) is 8.02. The highest BCUT2D eigenvalue weighted by atomic mass is 32.2. The minimum Gasteiger partial charge on any atom is -0.454 e. The van der Waals surface area contributed by atoms with E-state index in [-0.39, 0.29) is 18.6 Å². The molecule has 2 aliphatic heterocycles. The highest BCUT2D eigenvalue weighted by molar-refractivity contribution is 8.00. The molecule has 29 heavy (non-hydrogen) atoms. The van der Waals surface area contributed by atoms with Gasteiger partial charge in [0, 0.05) is 37.8 Å². The Kier molecular flexibility index (Phi) is 6.85. The average Bonchev–Trinajstić information content (AvgIpc) is 3.43. The van der Waals surface area contributed by atoms with Gasteiger partial charge < -0.3 is 19.3 Å². The third-order valence-corrected chi connectivity index (χ3v) is 7.38. The minimum absolute atomic E-state index is 0.193. The molecule has 0 unspecified atom stereocenters. The molecule has 0 aromatic heterocycles. The number of hydrogen-bond acceptors (Lipinski definition) is 5. The third-order valence-electron chi connectivity index (χ3n) is 6.02. The molecule has 2 fully saturated rings. The number of aryl methyl sites for hydroxylation is 1. The molecule has 1 saturated heterocycles. The van der Waals surface area contributed by atoms with Crippen molar-refractivity contribution in [3.8, 4) is 11.5 Å². The summed E-state index contributed by atoms with van der Waals surface area (Å²) in [7, 11) is 0. The van der Waals surface area contributed by atoms with Gasteiger partial charge in [0.05, 0.1) is 5.75 Å². The molecular weight excluding hydrogens is 388 g/mol. The molecule has 1 aliphatic carbocycles. The number of carbonyl (C=O) groups excluding carboxylic acids is 2. The van der Waals surface area contributed by atoms with Gasteiger partial charge in [-0.05, 0) is 43.4 Å². The molecule has 0 radical (unpaired) electrons. The minimum atomic E-state index is 0.193. The molecule has 7 heteroatoms. The molecule has 2 heterocycles. The van der Waals surface area contributed by atoms with Crippen molar-refractivity contribution in [2.45, 2.75) is 50.2 Å². The van der Waals surface area contributed by atoms with Crippen LogP contribution in [0.3, 0.4) is 0 Å². The lowest BCUT2D eigenvalue weighted by atomic mass is 10.1. The number of thioether (sulfide) groups is 1. The van der Waals surface area contributed by atoms with Gasteiger partial charge in [-0.1, -0.05) is 18.9 Å². The van der Waals surface area contributed by atoms with Gasteiger partial charge in [0.25, 0.3) is 0 Å². The monoisotopic (exact) mass is 418 g/mol. The Morgan fingerprint density at radius 3 is 2.41 bits per heavy atom. The molecule has 158 valence electrons. The van der Waals surface area contributed by atoms with E-state index in [1.807, 2.05) is 39.8 Å². The van der Waals surface area contributed by atoms with Gasteiger partial charge in [0.2, 0.25) is 18.6 Å². The average molecular weight is 419 g/mol. The molecule has 0 spiro atoms. The number of amides is 2. The van der Waals surface area contributed by atoms with Crippen molar-refractivity contribution in [1.29, 1.82) is 0 Å². The van der Waals surface area contributed by atoms with Crippen LogP contribution in [0.2, 0.25) is 0 Å². The molecule has 4 rings (SSSR count). The predicted octanol–water partition coefficient (Wildman–Crippen LogP) is 3.08. The van der Waals surface area contributed by atoms with Crippen LogP contribution in [-0.4, -0.2) is 65.6 Å². The maximum atomic E-state index is 12.5. The number of rotatable bonds is 7. The fourth-order valence-electron chi connectivity index (χ4n) is 4.24. The molecule has 0 atom stereocenters. The summed E-state index contributed by atoms with van der Waals surface area (Å²) in [6, 6.07) is 5.97. The first-order valence-corrected chi connectivity index (χ1v) is 11.8. The Balaban J connectivity index is 1.14. The van der Waals surface area contributed by atoms with E-state index in [0.29, 0.717) is 43.6 Å². The smallest absolute Gasteiger partial charge is 0.232 e. The van der Waals surface area contributed by atoms with Crippen LogP contribution in [-0.2, 0) is 16.0 Å². The van der Waals surface area contributed by atoms with Gasteiger partial charge in [0.15, 0.2) is 11.5 Å². The molecule has 1 saturated carbocycles. The van der Waals surface area contributed by atoms with E-state index in [4.69, 9.17) is 9.47 Å². The van der Waals surface area contributed by atoms with E-state index >= 15 is 0 Å². The number of piperazine rings is 1. The van der Waals surface area contributed by atoms with Crippen LogP contribution in [0.15, 0.2) is 18.2 Å². The number of nitrogens with zero attached hydrogens (tertiary/aromatic N) is 2. The molecule has 6 nitrogen and oxygen atoms in total. The second kappa shape index (κ2) is 9.74. The lowest BCUT2D eigenvalue weighted by Gasteiger charge is -2.35. The Morgan fingerprint density at radius 2 is 1.66 bits per heavy atom. The standard InChI is InChI=1S/C22H30N2O4S/c25-21(7-3-4-17-8-9-19-20(14-17)28-16-27-19)23-10-12-24(13-11-23)22(26)15-29-18-5-1-2-6-18/h8-9,14,18H,1-7,10-13,15-16H2. The summed E-state index contributed by atoms with van der Waals surface area (Å²) in [5, 5.41) is 0.673. The molecule has 0 bridgehead atoms. The van der Waals surface area contributed by atoms with Crippen LogP contribution >= 0.6 is 11.8 Å². The van der Waals surface area contributed by atoms with E-state index in [1.54, 1.807) is 0 Å². The fraction of sp³-hybridized carbons (Fsp3) is 0.636. The molecule has 2 amide bonds. The van der Waals surface area contributed by atoms with Gasteiger partial charge in [-0.3, -0.25) is 9.59 Å². The Hall–Kier alpha value is -1.89. The van der Waals surface area contributed by atoms with Crippen molar-refractivity contribution in [2.24, 2.45) is 0 Å². The van der Waals surface area contributed by atoms with Crippen molar-refractivity contribution < 1.29 is 19.1 Å². The second-order valence-corrected chi connectivity index (χ2v) is 9.31. The van der Waals surface area contributed by atoms with E-state index in [2.05, 4.69) is 0 Å².